The van der Waals surface area contributed by atoms with Gasteiger partial charge in [-0.3, -0.25) is 14.4 Å². The molecule has 2 aromatic rings. The number of carbonyl (C=O) groups excluding carboxylic acids is 3. The zero-order valence-corrected chi connectivity index (χ0v) is 16.4. The van der Waals surface area contributed by atoms with E-state index in [0.717, 1.165) is 16.0 Å². The van der Waals surface area contributed by atoms with Gasteiger partial charge in [0.05, 0.1) is 12.3 Å². The lowest BCUT2D eigenvalue weighted by atomic mass is 10.2. The van der Waals surface area contributed by atoms with Crippen molar-refractivity contribution in [2.75, 3.05) is 24.2 Å². The van der Waals surface area contributed by atoms with E-state index in [1.54, 1.807) is 0 Å². The predicted molar refractivity (Wildman–Crippen MR) is 106 cm³/mol. The second kappa shape index (κ2) is 10.5. The summed E-state index contributed by atoms with van der Waals surface area (Å²) in [5, 5.41) is 4.86. The van der Waals surface area contributed by atoms with Crippen LogP contribution in [-0.2, 0) is 19.1 Å². The number of ether oxygens (including phenoxy) is 1. The Balaban J connectivity index is 1.65. The van der Waals surface area contributed by atoms with Gasteiger partial charge in [0.25, 0.3) is 5.91 Å². The molecule has 2 N–H and O–H groups in total. The fourth-order valence-corrected chi connectivity index (χ4v) is 3.06. The van der Waals surface area contributed by atoms with Crippen molar-refractivity contribution in [1.29, 1.82) is 0 Å². The van der Waals surface area contributed by atoms with Crippen LogP contribution in [0, 0.1) is 19.7 Å². The summed E-state index contributed by atoms with van der Waals surface area (Å²) in [6.45, 7) is 3.21. The van der Waals surface area contributed by atoms with Crippen molar-refractivity contribution in [2.24, 2.45) is 0 Å². The highest BCUT2D eigenvalue weighted by molar-refractivity contribution is 8.00. The van der Waals surface area contributed by atoms with Crippen LogP contribution in [0.2, 0.25) is 0 Å². The number of halogens is 1. The maximum atomic E-state index is 12.8. The third-order valence-electron chi connectivity index (χ3n) is 3.61. The van der Waals surface area contributed by atoms with Gasteiger partial charge in [-0.05, 0) is 49.7 Å². The molecule has 0 aliphatic carbocycles. The van der Waals surface area contributed by atoms with Crippen LogP contribution >= 0.6 is 11.8 Å². The first kappa shape index (κ1) is 21.4. The molecular weight excluding hydrogens is 383 g/mol. The van der Waals surface area contributed by atoms with Gasteiger partial charge in [0.15, 0.2) is 6.61 Å². The average molecular weight is 404 g/mol. The van der Waals surface area contributed by atoms with Gasteiger partial charge in [-0.25, -0.2) is 4.39 Å². The Kier molecular flexibility index (Phi) is 8.01. The van der Waals surface area contributed by atoms with Crippen molar-refractivity contribution in [1.82, 2.24) is 5.32 Å². The summed E-state index contributed by atoms with van der Waals surface area (Å²) in [7, 11) is 0. The number of anilines is 1. The Hall–Kier alpha value is -2.87. The standard InChI is InChI=1S/C20H21FN2O4S/c1-13-3-8-17(14(2)9-13)28-12-20(26)27-11-19(25)22-10-18(24)23-16-6-4-15(21)5-7-16/h3-9H,10-12H2,1-2H3,(H,22,25)(H,23,24). The number of benzene rings is 2. The second-order valence-corrected chi connectivity index (χ2v) is 7.07. The van der Waals surface area contributed by atoms with Crippen molar-refractivity contribution >= 4 is 35.2 Å². The van der Waals surface area contributed by atoms with Crippen molar-refractivity contribution in [3.05, 3.63) is 59.4 Å². The van der Waals surface area contributed by atoms with E-state index in [0.29, 0.717) is 5.69 Å². The van der Waals surface area contributed by atoms with Gasteiger partial charge in [-0.2, -0.15) is 0 Å². The predicted octanol–water partition coefficient (Wildman–Crippen LogP) is 2.83. The summed E-state index contributed by atoms with van der Waals surface area (Å²) in [5.41, 5.74) is 2.63. The number of hydrogen-bond acceptors (Lipinski definition) is 5. The van der Waals surface area contributed by atoms with Crippen LogP contribution in [0.15, 0.2) is 47.4 Å². The number of aryl methyl sites for hydroxylation is 2. The van der Waals surface area contributed by atoms with Crippen LogP contribution in [-0.4, -0.2) is 36.7 Å². The lowest BCUT2D eigenvalue weighted by Gasteiger charge is -2.08. The number of esters is 1. The molecule has 0 bridgehead atoms. The van der Waals surface area contributed by atoms with E-state index in [2.05, 4.69) is 10.6 Å². The molecule has 0 fully saturated rings. The molecule has 0 aromatic heterocycles. The number of rotatable bonds is 8. The van der Waals surface area contributed by atoms with E-state index in [-0.39, 0.29) is 12.3 Å². The molecule has 148 valence electrons. The molecule has 2 amide bonds. The lowest BCUT2D eigenvalue weighted by molar-refractivity contribution is -0.146. The first-order chi connectivity index (χ1) is 13.3. The minimum atomic E-state index is -0.584. The van der Waals surface area contributed by atoms with Gasteiger partial charge in [0.2, 0.25) is 5.91 Å². The number of amides is 2. The summed E-state index contributed by atoms with van der Waals surface area (Å²) in [6, 6.07) is 11.2. The van der Waals surface area contributed by atoms with Crippen LogP contribution < -0.4 is 10.6 Å². The van der Waals surface area contributed by atoms with Crippen LogP contribution in [0.5, 0.6) is 0 Å². The first-order valence-electron chi connectivity index (χ1n) is 8.51. The van der Waals surface area contributed by atoms with Gasteiger partial charge >= 0.3 is 5.97 Å². The van der Waals surface area contributed by atoms with Crippen LogP contribution in [0.3, 0.4) is 0 Å². The smallest absolute Gasteiger partial charge is 0.316 e. The quantitative estimate of drug-likeness (QED) is 0.522. The average Bonchev–Trinajstić information content (AvgIpc) is 2.66. The highest BCUT2D eigenvalue weighted by Gasteiger charge is 2.11. The largest absolute Gasteiger partial charge is 0.455 e. The fraction of sp³-hybridized carbons (Fsp3) is 0.250. The van der Waals surface area contributed by atoms with E-state index in [9.17, 15) is 18.8 Å². The summed E-state index contributed by atoms with van der Waals surface area (Å²) >= 11 is 1.34. The molecule has 0 saturated heterocycles. The number of nitrogens with one attached hydrogen (secondary N) is 2. The molecule has 0 unspecified atom stereocenters. The van der Waals surface area contributed by atoms with E-state index in [1.807, 2.05) is 32.0 Å². The maximum Gasteiger partial charge on any atom is 0.316 e. The molecule has 0 atom stereocenters. The summed E-state index contributed by atoms with van der Waals surface area (Å²) in [6.07, 6.45) is 0. The Morgan fingerprint density at radius 2 is 1.75 bits per heavy atom. The van der Waals surface area contributed by atoms with E-state index in [1.165, 1.54) is 36.0 Å². The molecule has 0 aliphatic rings. The zero-order valence-electron chi connectivity index (χ0n) is 15.6. The van der Waals surface area contributed by atoms with Gasteiger partial charge in [-0.15, -0.1) is 11.8 Å². The zero-order chi connectivity index (χ0) is 20.5. The Labute approximate surface area is 166 Å². The number of thioether (sulfide) groups is 1. The molecular formula is C20H21FN2O4S. The molecule has 8 heteroatoms. The molecule has 0 aliphatic heterocycles. The minimum absolute atomic E-state index is 0.0855. The van der Waals surface area contributed by atoms with Crippen molar-refractivity contribution in [3.63, 3.8) is 0 Å². The van der Waals surface area contributed by atoms with Gasteiger partial charge < -0.3 is 15.4 Å². The highest BCUT2D eigenvalue weighted by atomic mass is 32.2. The molecule has 2 aromatic carbocycles. The van der Waals surface area contributed by atoms with Crippen molar-refractivity contribution < 1.29 is 23.5 Å². The van der Waals surface area contributed by atoms with E-state index >= 15 is 0 Å². The van der Waals surface area contributed by atoms with Gasteiger partial charge in [-0.1, -0.05) is 17.7 Å². The monoisotopic (exact) mass is 404 g/mol. The third-order valence-corrected chi connectivity index (χ3v) is 4.76. The van der Waals surface area contributed by atoms with Gasteiger partial charge in [0.1, 0.15) is 5.82 Å². The van der Waals surface area contributed by atoms with Crippen LogP contribution in [0.25, 0.3) is 0 Å². The lowest BCUT2D eigenvalue weighted by Crippen LogP contribution is -2.35. The molecule has 6 nitrogen and oxygen atoms in total. The third kappa shape index (κ3) is 7.40. The molecule has 0 radical (unpaired) electrons. The van der Waals surface area contributed by atoms with Crippen LogP contribution in [0.1, 0.15) is 11.1 Å². The fourth-order valence-electron chi connectivity index (χ4n) is 2.25. The topological polar surface area (TPSA) is 84.5 Å². The summed E-state index contributed by atoms with van der Waals surface area (Å²) in [4.78, 5) is 36.2. The van der Waals surface area contributed by atoms with Crippen molar-refractivity contribution in [3.8, 4) is 0 Å². The molecule has 2 rings (SSSR count). The highest BCUT2D eigenvalue weighted by Crippen LogP contribution is 2.23. The number of carbonyl (C=O) groups is 3. The minimum Gasteiger partial charge on any atom is -0.455 e. The Morgan fingerprint density at radius 3 is 2.43 bits per heavy atom. The SMILES string of the molecule is Cc1ccc(SCC(=O)OCC(=O)NCC(=O)Nc2ccc(F)cc2)c(C)c1. The van der Waals surface area contributed by atoms with Crippen LogP contribution in [0.4, 0.5) is 10.1 Å². The summed E-state index contributed by atoms with van der Waals surface area (Å²) in [5.74, 6) is -1.90. The maximum absolute atomic E-state index is 12.8. The second-order valence-electron chi connectivity index (χ2n) is 6.05. The Morgan fingerprint density at radius 1 is 1.04 bits per heavy atom. The molecule has 0 heterocycles. The van der Waals surface area contributed by atoms with Crippen molar-refractivity contribution in [2.45, 2.75) is 18.7 Å². The molecule has 0 spiro atoms. The summed E-state index contributed by atoms with van der Waals surface area (Å²) < 4.78 is 17.7. The normalized spacial score (nSPS) is 10.2. The Bertz CT molecular complexity index is 856. The first-order valence-corrected chi connectivity index (χ1v) is 9.50. The number of hydrogen-bond donors (Lipinski definition) is 2. The van der Waals surface area contributed by atoms with E-state index < -0.39 is 30.2 Å². The molecule has 0 saturated carbocycles. The molecule has 28 heavy (non-hydrogen) atoms. The van der Waals surface area contributed by atoms with E-state index in [4.69, 9.17) is 4.74 Å². The van der Waals surface area contributed by atoms with Gasteiger partial charge in [0, 0.05) is 10.6 Å².